The third-order valence-corrected chi connectivity index (χ3v) is 3.32. The van der Waals surface area contributed by atoms with Crippen LogP contribution in [0.1, 0.15) is 20.3 Å². The molecule has 98 valence electrons. The Morgan fingerprint density at radius 2 is 2.17 bits per heavy atom. The van der Waals surface area contributed by atoms with Crippen LogP contribution < -0.4 is 16.2 Å². The Balaban J connectivity index is 2.33. The first-order valence-corrected chi connectivity index (χ1v) is 5.92. The number of nitro groups is 1. The van der Waals surface area contributed by atoms with Crippen LogP contribution >= 0.6 is 0 Å². The van der Waals surface area contributed by atoms with E-state index in [4.69, 9.17) is 5.84 Å². The number of nitrogens with zero attached hydrogens (tertiary/aromatic N) is 2. The second-order valence-corrected chi connectivity index (χ2v) is 5.48. The van der Waals surface area contributed by atoms with Crippen LogP contribution in [0.5, 0.6) is 0 Å². The Hall–Kier alpha value is -1.82. The number of hydrogen-bond donors (Lipinski definition) is 2. The molecule has 0 spiro atoms. The van der Waals surface area contributed by atoms with Crippen molar-refractivity contribution in [2.24, 2.45) is 11.3 Å². The fourth-order valence-corrected chi connectivity index (χ4v) is 2.30. The normalized spacial score (nSPS) is 17.8. The van der Waals surface area contributed by atoms with Crippen molar-refractivity contribution in [3.8, 4) is 0 Å². The van der Waals surface area contributed by atoms with Crippen LogP contribution in [0, 0.1) is 15.5 Å². The van der Waals surface area contributed by atoms with E-state index in [1.165, 1.54) is 6.07 Å². The maximum atomic E-state index is 10.9. The molecule has 1 fully saturated rings. The lowest BCUT2D eigenvalue weighted by Gasteiger charge is -2.22. The predicted molar refractivity (Wildman–Crippen MR) is 71.5 cm³/mol. The Labute approximate surface area is 106 Å². The van der Waals surface area contributed by atoms with Gasteiger partial charge in [0.05, 0.1) is 10.6 Å². The van der Waals surface area contributed by atoms with Crippen molar-refractivity contribution in [1.82, 2.24) is 0 Å². The van der Waals surface area contributed by atoms with E-state index in [9.17, 15) is 10.1 Å². The van der Waals surface area contributed by atoms with Crippen molar-refractivity contribution >= 4 is 17.1 Å². The summed E-state index contributed by atoms with van der Waals surface area (Å²) in [5, 5.41) is 10.9. The first kappa shape index (κ1) is 12.6. The second-order valence-electron chi connectivity index (χ2n) is 5.48. The molecule has 0 aliphatic carbocycles. The van der Waals surface area contributed by atoms with Gasteiger partial charge in [-0.25, -0.2) is 0 Å². The highest BCUT2D eigenvalue weighted by Gasteiger charge is 2.30. The molecule has 0 unspecified atom stereocenters. The van der Waals surface area contributed by atoms with Gasteiger partial charge in [-0.3, -0.25) is 16.0 Å². The van der Waals surface area contributed by atoms with Gasteiger partial charge in [-0.2, -0.15) is 0 Å². The first-order chi connectivity index (χ1) is 8.41. The van der Waals surface area contributed by atoms with Crippen molar-refractivity contribution in [3.63, 3.8) is 0 Å². The summed E-state index contributed by atoms with van der Waals surface area (Å²) in [6, 6.07) is 4.88. The number of nitrogen functional groups attached to an aromatic ring is 1. The molecule has 1 heterocycles. The number of benzene rings is 1. The lowest BCUT2D eigenvalue weighted by Crippen LogP contribution is -2.23. The predicted octanol–water partition coefficient (Wildman–Crippen LogP) is 2.12. The maximum absolute atomic E-state index is 10.9. The summed E-state index contributed by atoms with van der Waals surface area (Å²) in [6.07, 6.45) is 1.08. The molecule has 6 nitrogen and oxygen atoms in total. The summed E-state index contributed by atoms with van der Waals surface area (Å²) in [6.45, 7) is 6.22. The molecule has 3 N–H and O–H groups in total. The molecule has 0 aromatic heterocycles. The molecule has 0 atom stereocenters. The Bertz CT molecular complexity index is 473. The standard InChI is InChI=1S/C12H18N4O2/c1-12(2)3-4-15(8-12)10-5-9(14-13)6-11(7-10)16(17)18/h5-7,14H,3-4,8,13H2,1-2H3. The Morgan fingerprint density at radius 1 is 1.44 bits per heavy atom. The minimum absolute atomic E-state index is 0.0603. The molecule has 6 heteroatoms. The number of nitrogens with one attached hydrogen (secondary N) is 1. The van der Waals surface area contributed by atoms with Crippen molar-refractivity contribution in [2.45, 2.75) is 20.3 Å². The summed E-state index contributed by atoms with van der Waals surface area (Å²) in [7, 11) is 0. The summed E-state index contributed by atoms with van der Waals surface area (Å²) >= 11 is 0. The Morgan fingerprint density at radius 3 is 2.67 bits per heavy atom. The van der Waals surface area contributed by atoms with Crippen LogP contribution in [-0.4, -0.2) is 18.0 Å². The minimum atomic E-state index is -0.397. The van der Waals surface area contributed by atoms with Crippen molar-refractivity contribution < 1.29 is 4.92 Å². The summed E-state index contributed by atoms with van der Waals surface area (Å²) in [5.74, 6) is 5.35. The van der Waals surface area contributed by atoms with E-state index in [0.717, 1.165) is 25.2 Å². The van der Waals surface area contributed by atoms with Gasteiger partial charge in [0.2, 0.25) is 0 Å². The second kappa shape index (κ2) is 4.45. The van der Waals surface area contributed by atoms with E-state index in [-0.39, 0.29) is 11.1 Å². The van der Waals surface area contributed by atoms with E-state index in [2.05, 4.69) is 24.2 Å². The molecular weight excluding hydrogens is 232 g/mol. The minimum Gasteiger partial charge on any atom is -0.371 e. The van der Waals surface area contributed by atoms with Crippen molar-refractivity contribution in [1.29, 1.82) is 0 Å². The van der Waals surface area contributed by atoms with Crippen LogP contribution in [0.15, 0.2) is 18.2 Å². The number of anilines is 2. The SMILES string of the molecule is CC1(C)CCN(c2cc(NN)cc([N+](=O)[O-])c2)C1. The molecule has 1 saturated heterocycles. The Kier molecular flexibility index (Phi) is 3.13. The molecule has 1 aliphatic rings. The smallest absolute Gasteiger partial charge is 0.273 e. The fraction of sp³-hybridized carbons (Fsp3) is 0.500. The zero-order valence-corrected chi connectivity index (χ0v) is 10.6. The first-order valence-electron chi connectivity index (χ1n) is 5.92. The number of hydrogen-bond acceptors (Lipinski definition) is 5. The quantitative estimate of drug-likeness (QED) is 0.487. The van der Waals surface area contributed by atoms with Gasteiger partial charge in [0.25, 0.3) is 5.69 Å². The molecule has 0 radical (unpaired) electrons. The van der Waals surface area contributed by atoms with E-state index in [1.54, 1.807) is 6.07 Å². The molecule has 1 aliphatic heterocycles. The highest BCUT2D eigenvalue weighted by atomic mass is 16.6. The highest BCUT2D eigenvalue weighted by molar-refractivity contribution is 5.64. The van der Waals surface area contributed by atoms with E-state index >= 15 is 0 Å². The van der Waals surface area contributed by atoms with Gasteiger partial charge in [0, 0.05) is 30.9 Å². The summed E-state index contributed by atoms with van der Waals surface area (Å²) in [5.41, 5.74) is 4.20. The van der Waals surface area contributed by atoms with Gasteiger partial charge in [-0.05, 0) is 17.9 Å². The third kappa shape index (κ3) is 2.53. The maximum Gasteiger partial charge on any atom is 0.273 e. The van der Waals surface area contributed by atoms with Gasteiger partial charge in [-0.15, -0.1) is 0 Å². The molecule has 0 amide bonds. The molecule has 1 aromatic carbocycles. The van der Waals surface area contributed by atoms with E-state index in [1.807, 2.05) is 6.07 Å². The fourth-order valence-electron chi connectivity index (χ4n) is 2.30. The molecule has 1 aromatic rings. The third-order valence-electron chi connectivity index (χ3n) is 3.32. The lowest BCUT2D eigenvalue weighted by atomic mass is 9.93. The van der Waals surface area contributed by atoms with Crippen molar-refractivity contribution in [2.75, 3.05) is 23.4 Å². The van der Waals surface area contributed by atoms with Crippen LogP contribution in [0.25, 0.3) is 0 Å². The van der Waals surface area contributed by atoms with Crippen molar-refractivity contribution in [3.05, 3.63) is 28.3 Å². The van der Waals surface area contributed by atoms with Crippen LogP contribution in [0.4, 0.5) is 17.1 Å². The van der Waals surface area contributed by atoms with Crippen LogP contribution in [0.3, 0.4) is 0 Å². The number of nitrogens with two attached hydrogens (primary N) is 1. The van der Waals surface area contributed by atoms with Gasteiger partial charge < -0.3 is 10.3 Å². The summed E-state index contributed by atoms with van der Waals surface area (Å²) < 4.78 is 0. The van der Waals surface area contributed by atoms with Crippen LogP contribution in [-0.2, 0) is 0 Å². The highest BCUT2D eigenvalue weighted by Crippen LogP contribution is 2.35. The summed E-state index contributed by atoms with van der Waals surface area (Å²) in [4.78, 5) is 12.6. The number of hydrazine groups is 1. The largest absolute Gasteiger partial charge is 0.371 e. The average molecular weight is 250 g/mol. The topological polar surface area (TPSA) is 84.4 Å². The molecule has 2 rings (SSSR count). The van der Waals surface area contributed by atoms with Gasteiger partial charge in [0.15, 0.2) is 0 Å². The van der Waals surface area contributed by atoms with Gasteiger partial charge in [-0.1, -0.05) is 13.8 Å². The number of rotatable bonds is 3. The molecule has 0 bridgehead atoms. The zero-order chi connectivity index (χ0) is 13.3. The molecule has 18 heavy (non-hydrogen) atoms. The zero-order valence-electron chi connectivity index (χ0n) is 10.6. The van der Waals surface area contributed by atoms with E-state index < -0.39 is 4.92 Å². The molecular formula is C12H18N4O2. The lowest BCUT2D eigenvalue weighted by molar-refractivity contribution is -0.384. The van der Waals surface area contributed by atoms with Gasteiger partial charge >= 0.3 is 0 Å². The van der Waals surface area contributed by atoms with E-state index in [0.29, 0.717) is 5.69 Å². The average Bonchev–Trinajstić information content (AvgIpc) is 2.69. The van der Waals surface area contributed by atoms with Crippen LogP contribution in [0.2, 0.25) is 0 Å². The molecule has 0 saturated carbocycles. The monoisotopic (exact) mass is 250 g/mol. The number of nitro benzene ring substituents is 1. The number of non-ortho nitro benzene ring substituents is 1. The van der Waals surface area contributed by atoms with Gasteiger partial charge in [0.1, 0.15) is 0 Å².